The molecular formula is C18H22N6O. The number of aromatic nitrogens is 4. The fourth-order valence-corrected chi connectivity index (χ4v) is 2.68. The first-order chi connectivity index (χ1) is 12.0. The van der Waals surface area contributed by atoms with Crippen LogP contribution < -0.4 is 10.6 Å². The van der Waals surface area contributed by atoms with Crippen LogP contribution in [-0.2, 0) is 6.54 Å². The highest BCUT2D eigenvalue weighted by atomic mass is 16.2. The van der Waals surface area contributed by atoms with Crippen LogP contribution in [0.2, 0.25) is 0 Å². The van der Waals surface area contributed by atoms with Crippen LogP contribution in [0, 0.1) is 13.8 Å². The summed E-state index contributed by atoms with van der Waals surface area (Å²) in [6.07, 6.45) is 3.45. The van der Waals surface area contributed by atoms with Gasteiger partial charge in [-0.3, -0.25) is 5.10 Å². The van der Waals surface area contributed by atoms with Crippen molar-refractivity contribution in [1.29, 1.82) is 0 Å². The van der Waals surface area contributed by atoms with Gasteiger partial charge in [-0.25, -0.2) is 9.48 Å². The van der Waals surface area contributed by atoms with Gasteiger partial charge in [-0.15, -0.1) is 0 Å². The molecule has 0 saturated carbocycles. The van der Waals surface area contributed by atoms with E-state index < -0.39 is 0 Å². The molecule has 25 heavy (non-hydrogen) atoms. The molecule has 3 rings (SSSR count). The Morgan fingerprint density at radius 2 is 2.00 bits per heavy atom. The van der Waals surface area contributed by atoms with Crippen LogP contribution in [0.25, 0.3) is 5.69 Å². The molecule has 0 aliphatic carbocycles. The third-order valence-corrected chi connectivity index (χ3v) is 4.14. The highest BCUT2D eigenvalue weighted by Gasteiger charge is 2.16. The van der Waals surface area contributed by atoms with E-state index in [-0.39, 0.29) is 12.1 Å². The zero-order valence-electron chi connectivity index (χ0n) is 14.6. The molecule has 3 N–H and O–H groups in total. The number of nitrogens with zero attached hydrogens (tertiary/aromatic N) is 3. The Morgan fingerprint density at radius 1 is 1.24 bits per heavy atom. The number of rotatable bonds is 5. The Kier molecular flexibility index (Phi) is 4.83. The first kappa shape index (κ1) is 16.8. The Hall–Kier alpha value is -3.09. The third kappa shape index (κ3) is 3.88. The van der Waals surface area contributed by atoms with Gasteiger partial charge in [0.05, 0.1) is 30.2 Å². The molecule has 0 saturated heterocycles. The average molecular weight is 338 g/mol. The standard InChI is InChI=1S/C18H22N6O/c1-12-4-6-16(7-5-12)24-14(3)17(11-21-24)13(2)22-18(25)19-10-15-8-9-20-23-15/h4-9,11,13H,10H2,1-3H3,(H,20,23)(H2,19,22,25). The maximum atomic E-state index is 12.1. The Balaban J connectivity index is 1.65. The summed E-state index contributed by atoms with van der Waals surface area (Å²) in [4.78, 5) is 12.1. The topological polar surface area (TPSA) is 87.6 Å². The van der Waals surface area contributed by atoms with E-state index in [9.17, 15) is 4.79 Å². The van der Waals surface area contributed by atoms with Crippen LogP contribution in [0.15, 0.2) is 42.7 Å². The number of H-pyrrole nitrogens is 1. The number of benzene rings is 1. The molecule has 3 aromatic rings. The second kappa shape index (κ2) is 7.21. The van der Waals surface area contributed by atoms with E-state index in [1.54, 1.807) is 12.4 Å². The molecule has 130 valence electrons. The first-order valence-corrected chi connectivity index (χ1v) is 8.19. The molecule has 2 heterocycles. The molecule has 0 spiro atoms. The largest absolute Gasteiger partial charge is 0.333 e. The minimum Gasteiger partial charge on any atom is -0.333 e. The van der Waals surface area contributed by atoms with Gasteiger partial charge in [0.25, 0.3) is 0 Å². The molecule has 0 bridgehead atoms. The van der Waals surface area contributed by atoms with Gasteiger partial charge >= 0.3 is 6.03 Å². The van der Waals surface area contributed by atoms with Gasteiger partial charge in [-0.05, 0) is 39.0 Å². The summed E-state index contributed by atoms with van der Waals surface area (Å²) in [5.74, 6) is 0. The van der Waals surface area contributed by atoms with Gasteiger partial charge in [0, 0.05) is 17.5 Å². The second-order valence-corrected chi connectivity index (χ2v) is 6.06. The predicted octanol–water partition coefficient (Wildman–Crippen LogP) is 2.77. The van der Waals surface area contributed by atoms with E-state index in [1.165, 1.54) is 5.56 Å². The van der Waals surface area contributed by atoms with Gasteiger partial charge in [0.2, 0.25) is 0 Å². The van der Waals surface area contributed by atoms with E-state index >= 15 is 0 Å². The molecule has 0 fully saturated rings. The van der Waals surface area contributed by atoms with Gasteiger partial charge in [0.1, 0.15) is 0 Å². The lowest BCUT2D eigenvalue weighted by Gasteiger charge is -2.14. The summed E-state index contributed by atoms with van der Waals surface area (Å²) in [6, 6.07) is 9.62. The van der Waals surface area contributed by atoms with Crippen molar-refractivity contribution in [2.45, 2.75) is 33.4 Å². The molecule has 0 aliphatic rings. The van der Waals surface area contributed by atoms with Crippen LogP contribution in [0.5, 0.6) is 0 Å². The summed E-state index contributed by atoms with van der Waals surface area (Å²) in [6.45, 7) is 6.40. The van der Waals surface area contributed by atoms with E-state index in [2.05, 4.69) is 45.0 Å². The van der Waals surface area contributed by atoms with E-state index in [0.29, 0.717) is 6.54 Å². The molecule has 1 atom stereocenters. The van der Waals surface area contributed by atoms with Crippen molar-refractivity contribution in [3.8, 4) is 5.69 Å². The molecule has 0 radical (unpaired) electrons. The van der Waals surface area contributed by atoms with E-state index in [0.717, 1.165) is 22.6 Å². The lowest BCUT2D eigenvalue weighted by molar-refractivity contribution is 0.237. The SMILES string of the molecule is Cc1ccc(-n2ncc(C(C)NC(=O)NCc3ccn[nH]3)c2C)cc1. The Bertz CT molecular complexity index is 835. The van der Waals surface area contributed by atoms with Crippen molar-refractivity contribution in [3.63, 3.8) is 0 Å². The van der Waals surface area contributed by atoms with Gasteiger partial charge < -0.3 is 10.6 Å². The Morgan fingerprint density at radius 3 is 2.68 bits per heavy atom. The molecule has 7 nitrogen and oxygen atoms in total. The minimum atomic E-state index is -0.232. The van der Waals surface area contributed by atoms with E-state index in [4.69, 9.17) is 0 Å². The number of aryl methyl sites for hydroxylation is 1. The van der Waals surface area contributed by atoms with Crippen LogP contribution >= 0.6 is 0 Å². The number of aromatic amines is 1. The van der Waals surface area contributed by atoms with Crippen LogP contribution in [0.1, 0.15) is 35.5 Å². The summed E-state index contributed by atoms with van der Waals surface area (Å²) in [7, 11) is 0. The highest BCUT2D eigenvalue weighted by molar-refractivity contribution is 5.74. The second-order valence-electron chi connectivity index (χ2n) is 6.06. The molecular weight excluding hydrogens is 316 g/mol. The number of nitrogens with one attached hydrogen (secondary N) is 3. The zero-order valence-corrected chi connectivity index (χ0v) is 14.6. The van der Waals surface area contributed by atoms with Crippen molar-refractivity contribution >= 4 is 6.03 Å². The molecule has 1 unspecified atom stereocenters. The van der Waals surface area contributed by atoms with Crippen molar-refractivity contribution < 1.29 is 4.79 Å². The van der Waals surface area contributed by atoms with Gasteiger partial charge in [-0.2, -0.15) is 10.2 Å². The van der Waals surface area contributed by atoms with Crippen LogP contribution in [0.3, 0.4) is 0 Å². The molecule has 1 aromatic carbocycles. The summed E-state index contributed by atoms with van der Waals surface area (Å²) < 4.78 is 1.88. The van der Waals surface area contributed by atoms with E-state index in [1.807, 2.05) is 36.7 Å². The normalized spacial score (nSPS) is 12.0. The predicted molar refractivity (Wildman–Crippen MR) is 95.4 cm³/mol. The quantitative estimate of drug-likeness (QED) is 0.668. The van der Waals surface area contributed by atoms with Gasteiger partial charge in [0.15, 0.2) is 0 Å². The van der Waals surface area contributed by atoms with Crippen molar-refractivity contribution in [2.75, 3.05) is 0 Å². The summed E-state index contributed by atoms with van der Waals surface area (Å²) in [5.41, 5.74) is 5.05. The number of urea groups is 1. The number of amides is 2. The number of carbonyl (C=O) groups excluding carboxylic acids is 1. The molecule has 7 heteroatoms. The number of hydrogen-bond acceptors (Lipinski definition) is 3. The Labute approximate surface area is 146 Å². The monoisotopic (exact) mass is 338 g/mol. The maximum Gasteiger partial charge on any atom is 0.315 e. The lowest BCUT2D eigenvalue weighted by atomic mass is 10.1. The first-order valence-electron chi connectivity index (χ1n) is 8.19. The lowest BCUT2D eigenvalue weighted by Crippen LogP contribution is -2.36. The fraction of sp³-hybridized carbons (Fsp3) is 0.278. The number of hydrogen-bond donors (Lipinski definition) is 3. The van der Waals surface area contributed by atoms with Gasteiger partial charge in [-0.1, -0.05) is 17.7 Å². The highest BCUT2D eigenvalue weighted by Crippen LogP contribution is 2.20. The van der Waals surface area contributed by atoms with Crippen molar-refractivity contribution in [2.24, 2.45) is 0 Å². The third-order valence-electron chi connectivity index (χ3n) is 4.14. The summed E-state index contributed by atoms with van der Waals surface area (Å²) >= 11 is 0. The number of carbonyl (C=O) groups is 1. The summed E-state index contributed by atoms with van der Waals surface area (Å²) in [5, 5.41) is 16.9. The average Bonchev–Trinajstić information content (AvgIpc) is 3.23. The minimum absolute atomic E-state index is 0.152. The molecule has 2 amide bonds. The molecule has 0 aliphatic heterocycles. The fourth-order valence-electron chi connectivity index (χ4n) is 2.68. The maximum absolute atomic E-state index is 12.1. The van der Waals surface area contributed by atoms with Crippen LogP contribution in [-0.4, -0.2) is 26.0 Å². The van der Waals surface area contributed by atoms with Crippen molar-refractivity contribution in [1.82, 2.24) is 30.6 Å². The molecule has 2 aromatic heterocycles. The zero-order chi connectivity index (χ0) is 17.8. The van der Waals surface area contributed by atoms with Crippen molar-refractivity contribution in [3.05, 3.63) is 65.2 Å². The smallest absolute Gasteiger partial charge is 0.315 e. The van der Waals surface area contributed by atoms with Crippen LogP contribution in [0.4, 0.5) is 4.79 Å².